The van der Waals surface area contributed by atoms with Gasteiger partial charge in [0, 0.05) is 53.8 Å². The monoisotopic (exact) mass is 401 g/mol. The van der Waals surface area contributed by atoms with E-state index in [1.54, 1.807) is 0 Å². The fourth-order valence-corrected chi connectivity index (χ4v) is 5.08. The number of hydrogen-bond acceptors (Lipinski definition) is 2. The molecule has 0 bridgehead atoms. The highest BCUT2D eigenvalue weighted by atomic mass is 16.2. The Morgan fingerprint density at radius 2 is 1.77 bits per heavy atom. The van der Waals surface area contributed by atoms with Gasteiger partial charge in [-0.05, 0) is 43.9 Å². The Morgan fingerprint density at radius 3 is 2.60 bits per heavy atom. The minimum absolute atomic E-state index is 0.0201. The topological polar surface area (TPSA) is 56.4 Å². The number of carbonyl (C=O) groups excluding carboxylic acids is 2. The van der Waals surface area contributed by atoms with Crippen molar-refractivity contribution in [1.29, 1.82) is 0 Å². The molecule has 1 unspecified atom stereocenters. The smallest absolute Gasteiger partial charge is 0.255 e. The van der Waals surface area contributed by atoms with Gasteiger partial charge in [-0.1, -0.05) is 36.4 Å². The summed E-state index contributed by atoms with van der Waals surface area (Å²) in [4.78, 5) is 33.5. The molecule has 0 saturated carbocycles. The molecule has 2 aliphatic rings. The van der Waals surface area contributed by atoms with Crippen LogP contribution < -0.4 is 0 Å². The maximum atomic E-state index is 13.3. The molecule has 0 spiro atoms. The Bertz CT molecular complexity index is 1110. The van der Waals surface area contributed by atoms with E-state index in [4.69, 9.17) is 0 Å². The second-order valence-corrected chi connectivity index (χ2v) is 8.39. The van der Waals surface area contributed by atoms with E-state index in [1.807, 2.05) is 46.2 Å². The number of aryl methyl sites for hydroxylation is 1. The summed E-state index contributed by atoms with van der Waals surface area (Å²) in [7, 11) is 0. The zero-order valence-corrected chi connectivity index (χ0v) is 17.4. The number of fused-ring (bicyclic) bond motifs is 2. The zero-order valence-electron chi connectivity index (χ0n) is 17.4. The summed E-state index contributed by atoms with van der Waals surface area (Å²) in [6.07, 6.45) is 3.73. The van der Waals surface area contributed by atoms with E-state index in [1.165, 1.54) is 6.42 Å². The Kier molecular flexibility index (Phi) is 4.81. The maximum absolute atomic E-state index is 13.3. The molecule has 1 atom stereocenters. The highest BCUT2D eigenvalue weighted by molar-refractivity contribution is 6.01. The zero-order chi connectivity index (χ0) is 20.7. The second-order valence-electron chi connectivity index (χ2n) is 8.39. The number of aromatic amines is 1. The average Bonchev–Trinajstić information content (AvgIpc) is 3.25. The van der Waals surface area contributed by atoms with Crippen molar-refractivity contribution in [3.63, 3.8) is 0 Å². The van der Waals surface area contributed by atoms with E-state index >= 15 is 0 Å². The summed E-state index contributed by atoms with van der Waals surface area (Å²) < 4.78 is 0. The average molecular weight is 402 g/mol. The molecule has 0 aliphatic carbocycles. The maximum Gasteiger partial charge on any atom is 0.255 e. The molecule has 0 radical (unpaired) electrons. The minimum Gasteiger partial charge on any atom is -0.358 e. The highest BCUT2D eigenvalue weighted by Gasteiger charge is 2.39. The lowest BCUT2D eigenvalue weighted by molar-refractivity contribution is -0.132. The summed E-state index contributed by atoms with van der Waals surface area (Å²) in [5.41, 5.74) is 5.05. The van der Waals surface area contributed by atoms with Crippen molar-refractivity contribution in [1.82, 2.24) is 14.8 Å². The van der Waals surface area contributed by atoms with Gasteiger partial charge in [0.05, 0.1) is 6.04 Å². The first-order valence-electron chi connectivity index (χ1n) is 10.9. The third-order valence-electron chi connectivity index (χ3n) is 6.55. The third kappa shape index (κ3) is 3.09. The molecule has 1 aromatic heterocycles. The first-order chi connectivity index (χ1) is 14.6. The Hall–Kier alpha value is -3.08. The van der Waals surface area contributed by atoms with Crippen molar-refractivity contribution in [3.8, 4) is 0 Å². The molecule has 2 aliphatic heterocycles. The number of aromatic nitrogens is 1. The van der Waals surface area contributed by atoms with Crippen LogP contribution in [-0.2, 0) is 4.79 Å². The number of hydrogen-bond donors (Lipinski definition) is 1. The normalized spacial score (nSPS) is 18.8. The van der Waals surface area contributed by atoms with Crippen LogP contribution in [0.25, 0.3) is 10.9 Å². The van der Waals surface area contributed by atoms with Crippen molar-refractivity contribution >= 4 is 22.7 Å². The van der Waals surface area contributed by atoms with E-state index in [0.29, 0.717) is 13.0 Å². The lowest BCUT2D eigenvalue weighted by Crippen LogP contribution is -2.38. The molecule has 1 fully saturated rings. The Labute approximate surface area is 176 Å². The van der Waals surface area contributed by atoms with Crippen molar-refractivity contribution in [2.45, 2.75) is 38.6 Å². The van der Waals surface area contributed by atoms with Gasteiger partial charge >= 0.3 is 0 Å². The van der Waals surface area contributed by atoms with Crippen LogP contribution in [0.1, 0.15) is 58.9 Å². The van der Waals surface area contributed by atoms with Crippen LogP contribution in [-0.4, -0.2) is 46.2 Å². The van der Waals surface area contributed by atoms with Crippen molar-refractivity contribution in [2.24, 2.45) is 0 Å². The molecular formula is C25H27N3O2. The van der Waals surface area contributed by atoms with Crippen molar-refractivity contribution in [3.05, 3.63) is 70.9 Å². The molecule has 5 heteroatoms. The van der Waals surface area contributed by atoms with Crippen LogP contribution in [0.4, 0.5) is 0 Å². The van der Waals surface area contributed by atoms with Crippen LogP contribution in [0, 0.1) is 6.92 Å². The number of nitrogens with zero attached hydrogens (tertiary/aromatic N) is 2. The molecule has 1 saturated heterocycles. The molecule has 154 valence electrons. The third-order valence-corrected chi connectivity index (χ3v) is 6.55. The van der Waals surface area contributed by atoms with E-state index in [9.17, 15) is 9.59 Å². The number of amides is 2. The SMILES string of the molecule is Cc1[nH]c2ccccc2c1C1c2ccccc2C(=O)N1CCC(=O)N1CCCCC1. The van der Waals surface area contributed by atoms with Gasteiger partial charge in [0.1, 0.15) is 0 Å². The van der Waals surface area contributed by atoms with Gasteiger partial charge in [-0.3, -0.25) is 9.59 Å². The highest BCUT2D eigenvalue weighted by Crippen LogP contribution is 2.42. The summed E-state index contributed by atoms with van der Waals surface area (Å²) in [5.74, 6) is 0.180. The van der Waals surface area contributed by atoms with Gasteiger partial charge in [-0.2, -0.15) is 0 Å². The summed E-state index contributed by atoms with van der Waals surface area (Å²) in [6.45, 7) is 4.19. The molecule has 3 heterocycles. The second kappa shape index (κ2) is 7.63. The van der Waals surface area contributed by atoms with Gasteiger partial charge < -0.3 is 14.8 Å². The number of likely N-dealkylation sites (tertiary alicyclic amines) is 1. The Morgan fingerprint density at radius 1 is 1.03 bits per heavy atom. The number of nitrogens with one attached hydrogen (secondary N) is 1. The van der Waals surface area contributed by atoms with Crippen LogP contribution in [0.2, 0.25) is 0 Å². The lowest BCUT2D eigenvalue weighted by atomic mass is 9.95. The van der Waals surface area contributed by atoms with Crippen LogP contribution >= 0.6 is 0 Å². The molecule has 3 aromatic rings. The van der Waals surface area contributed by atoms with E-state index < -0.39 is 0 Å². The fraction of sp³-hybridized carbons (Fsp3) is 0.360. The number of carbonyl (C=O) groups is 2. The number of para-hydroxylation sites is 1. The van der Waals surface area contributed by atoms with Gasteiger partial charge in [-0.25, -0.2) is 0 Å². The number of piperidine rings is 1. The number of benzene rings is 2. The van der Waals surface area contributed by atoms with Gasteiger partial charge in [0.25, 0.3) is 5.91 Å². The lowest BCUT2D eigenvalue weighted by Gasteiger charge is -2.29. The predicted molar refractivity (Wildman–Crippen MR) is 117 cm³/mol. The minimum atomic E-state index is -0.168. The standard InChI is InChI=1S/C25H27N3O2/c1-17-23(20-11-5-6-12-21(20)26-17)24-18-9-3-4-10-19(18)25(30)28(24)16-13-22(29)27-14-7-2-8-15-27/h3-6,9-12,24,26H,2,7-8,13-16H2,1H3. The van der Waals surface area contributed by atoms with Crippen LogP contribution in [0.15, 0.2) is 48.5 Å². The number of rotatable bonds is 4. The van der Waals surface area contributed by atoms with E-state index in [0.717, 1.165) is 59.2 Å². The molecule has 2 amide bonds. The van der Waals surface area contributed by atoms with Gasteiger partial charge in [0.2, 0.25) is 5.91 Å². The first-order valence-corrected chi connectivity index (χ1v) is 10.9. The van der Waals surface area contributed by atoms with Gasteiger partial charge in [0.15, 0.2) is 0 Å². The fourth-order valence-electron chi connectivity index (χ4n) is 5.08. The first kappa shape index (κ1) is 18.9. The molecule has 1 N–H and O–H groups in total. The Balaban J connectivity index is 1.50. The van der Waals surface area contributed by atoms with Crippen LogP contribution in [0.5, 0.6) is 0 Å². The number of H-pyrrole nitrogens is 1. The van der Waals surface area contributed by atoms with Crippen molar-refractivity contribution in [2.75, 3.05) is 19.6 Å². The van der Waals surface area contributed by atoms with Crippen molar-refractivity contribution < 1.29 is 9.59 Å². The molecule has 5 nitrogen and oxygen atoms in total. The predicted octanol–water partition coefficient (Wildman–Crippen LogP) is 4.42. The molecule has 5 rings (SSSR count). The summed E-state index contributed by atoms with van der Waals surface area (Å²) in [6, 6.07) is 15.9. The van der Waals surface area contributed by atoms with Gasteiger partial charge in [-0.15, -0.1) is 0 Å². The molecular weight excluding hydrogens is 374 g/mol. The molecule has 2 aromatic carbocycles. The largest absolute Gasteiger partial charge is 0.358 e. The summed E-state index contributed by atoms with van der Waals surface area (Å²) in [5, 5.41) is 1.14. The summed E-state index contributed by atoms with van der Waals surface area (Å²) >= 11 is 0. The quantitative estimate of drug-likeness (QED) is 0.703. The van der Waals surface area contributed by atoms with E-state index in [2.05, 4.69) is 24.0 Å². The van der Waals surface area contributed by atoms with Crippen LogP contribution in [0.3, 0.4) is 0 Å². The van der Waals surface area contributed by atoms with E-state index in [-0.39, 0.29) is 17.9 Å². The molecule has 30 heavy (non-hydrogen) atoms.